The van der Waals surface area contributed by atoms with Gasteiger partial charge in [-0.25, -0.2) is 0 Å². The summed E-state index contributed by atoms with van der Waals surface area (Å²) >= 11 is 1.96. The highest BCUT2D eigenvalue weighted by Crippen LogP contribution is 2.39. The molecule has 0 amide bonds. The molecule has 2 nitrogen and oxygen atoms in total. The van der Waals surface area contributed by atoms with Crippen molar-refractivity contribution in [3.63, 3.8) is 0 Å². The van der Waals surface area contributed by atoms with Crippen LogP contribution in [0.1, 0.15) is 43.7 Å². The number of nitrogens with one attached hydrogen (secondary N) is 1. The van der Waals surface area contributed by atoms with Crippen LogP contribution in [0, 0.1) is 25.2 Å². The number of thioether (sulfide) groups is 1. The third-order valence-corrected chi connectivity index (χ3v) is 5.50. The Morgan fingerprint density at radius 1 is 1.45 bits per heavy atom. The summed E-state index contributed by atoms with van der Waals surface area (Å²) in [6, 6.07) is 9.17. The van der Waals surface area contributed by atoms with Crippen molar-refractivity contribution in [2.75, 3.05) is 6.54 Å². The van der Waals surface area contributed by atoms with Crippen LogP contribution in [-0.4, -0.2) is 17.3 Å². The number of rotatable bonds is 4. The SMILES string of the molecule is CCNC1(C#N)CCCC(Sc2cc(C)ccc2C)C1. The van der Waals surface area contributed by atoms with Gasteiger partial charge in [0.15, 0.2) is 0 Å². The first-order chi connectivity index (χ1) is 9.58. The fourth-order valence-corrected chi connectivity index (χ4v) is 4.50. The fourth-order valence-electron chi connectivity index (χ4n) is 2.98. The van der Waals surface area contributed by atoms with Gasteiger partial charge in [-0.05, 0) is 57.7 Å². The molecule has 2 rings (SSSR count). The Hall–Kier alpha value is -0.980. The molecule has 1 aliphatic carbocycles. The summed E-state index contributed by atoms with van der Waals surface area (Å²) < 4.78 is 0. The van der Waals surface area contributed by atoms with Crippen molar-refractivity contribution in [2.45, 2.75) is 62.1 Å². The Morgan fingerprint density at radius 3 is 2.95 bits per heavy atom. The van der Waals surface area contributed by atoms with Crippen LogP contribution < -0.4 is 5.32 Å². The monoisotopic (exact) mass is 288 g/mol. The van der Waals surface area contributed by atoms with Crippen molar-refractivity contribution in [1.82, 2.24) is 5.32 Å². The quantitative estimate of drug-likeness (QED) is 0.901. The molecule has 0 aliphatic heterocycles. The molecule has 0 bridgehead atoms. The topological polar surface area (TPSA) is 35.8 Å². The van der Waals surface area contributed by atoms with Gasteiger partial charge in [-0.2, -0.15) is 5.26 Å². The minimum Gasteiger partial charge on any atom is -0.300 e. The van der Waals surface area contributed by atoms with Gasteiger partial charge in [0.25, 0.3) is 0 Å². The average molecular weight is 288 g/mol. The Labute approximate surface area is 127 Å². The molecular weight excluding hydrogens is 264 g/mol. The molecule has 2 atom stereocenters. The standard InChI is InChI=1S/C17H24N2S/c1-4-19-17(12-18)9-5-6-15(11-17)20-16-10-13(2)7-8-14(16)3/h7-8,10,15,19H,4-6,9,11H2,1-3H3. The highest BCUT2D eigenvalue weighted by Gasteiger charge is 2.36. The van der Waals surface area contributed by atoms with Gasteiger partial charge in [-0.15, -0.1) is 11.8 Å². The summed E-state index contributed by atoms with van der Waals surface area (Å²) in [6.07, 6.45) is 4.30. The van der Waals surface area contributed by atoms with E-state index >= 15 is 0 Å². The number of hydrogen-bond acceptors (Lipinski definition) is 3. The largest absolute Gasteiger partial charge is 0.300 e. The Kier molecular flexibility index (Phi) is 5.12. The predicted molar refractivity (Wildman–Crippen MR) is 86.0 cm³/mol. The summed E-state index contributed by atoms with van der Waals surface area (Å²) in [5, 5.41) is 13.5. The molecule has 1 N–H and O–H groups in total. The number of aryl methyl sites for hydroxylation is 2. The molecule has 1 aromatic rings. The van der Waals surface area contributed by atoms with Crippen molar-refractivity contribution in [3.05, 3.63) is 29.3 Å². The third kappa shape index (κ3) is 3.56. The maximum Gasteiger partial charge on any atom is 0.107 e. The summed E-state index contributed by atoms with van der Waals surface area (Å²) in [5.41, 5.74) is 2.35. The lowest BCUT2D eigenvalue weighted by molar-refractivity contribution is 0.309. The maximum atomic E-state index is 9.53. The molecular formula is C17H24N2S. The first kappa shape index (κ1) is 15.4. The van der Waals surface area contributed by atoms with Crippen molar-refractivity contribution in [3.8, 4) is 6.07 Å². The lowest BCUT2D eigenvalue weighted by Gasteiger charge is -2.36. The second kappa shape index (κ2) is 6.65. The van der Waals surface area contributed by atoms with Gasteiger partial charge in [0.1, 0.15) is 5.54 Å². The van der Waals surface area contributed by atoms with Gasteiger partial charge in [0.2, 0.25) is 0 Å². The zero-order chi connectivity index (χ0) is 14.6. The lowest BCUT2D eigenvalue weighted by Crippen LogP contribution is -2.48. The number of nitriles is 1. The van der Waals surface area contributed by atoms with Crippen LogP contribution in [0.25, 0.3) is 0 Å². The third-order valence-electron chi connectivity index (χ3n) is 4.07. The van der Waals surface area contributed by atoms with E-state index in [9.17, 15) is 5.26 Å². The van der Waals surface area contributed by atoms with Crippen molar-refractivity contribution < 1.29 is 0 Å². The van der Waals surface area contributed by atoms with E-state index in [0.29, 0.717) is 5.25 Å². The van der Waals surface area contributed by atoms with E-state index < -0.39 is 0 Å². The van der Waals surface area contributed by atoms with Crippen molar-refractivity contribution >= 4 is 11.8 Å². The smallest absolute Gasteiger partial charge is 0.107 e. The van der Waals surface area contributed by atoms with E-state index in [-0.39, 0.29) is 5.54 Å². The second-order valence-corrected chi connectivity index (χ2v) is 7.17. The molecule has 0 radical (unpaired) electrons. The molecule has 0 aromatic heterocycles. The molecule has 1 saturated carbocycles. The van der Waals surface area contributed by atoms with Crippen LogP contribution in [0.2, 0.25) is 0 Å². The van der Waals surface area contributed by atoms with Gasteiger partial charge in [0.05, 0.1) is 6.07 Å². The Balaban J connectivity index is 2.10. The highest BCUT2D eigenvalue weighted by atomic mass is 32.2. The summed E-state index contributed by atoms with van der Waals surface area (Å²) in [6.45, 7) is 7.27. The fraction of sp³-hybridized carbons (Fsp3) is 0.588. The molecule has 0 saturated heterocycles. The summed E-state index contributed by atoms with van der Waals surface area (Å²) in [4.78, 5) is 1.38. The number of hydrogen-bond donors (Lipinski definition) is 1. The van der Waals surface area contributed by atoms with Gasteiger partial charge >= 0.3 is 0 Å². The van der Waals surface area contributed by atoms with E-state index in [4.69, 9.17) is 0 Å². The van der Waals surface area contributed by atoms with Gasteiger partial charge in [0, 0.05) is 10.1 Å². The zero-order valence-electron chi connectivity index (χ0n) is 12.7. The van der Waals surface area contributed by atoms with E-state index in [2.05, 4.69) is 50.4 Å². The van der Waals surface area contributed by atoms with Gasteiger partial charge in [-0.3, -0.25) is 5.32 Å². The lowest BCUT2D eigenvalue weighted by atomic mass is 9.82. The van der Waals surface area contributed by atoms with Gasteiger partial charge < -0.3 is 0 Å². The van der Waals surface area contributed by atoms with E-state index in [1.165, 1.54) is 22.4 Å². The summed E-state index contributed by atoms with van der Waals surface area (Å²) in [7, 11) is 0. The highest BCUT2D eigenvalue weighted by molar-refractivity contribution is 8.00. The molecule has 3 heteroatoms. The second-order valence-electron chi connectivity index (χ2n) is 5.83. The van der Waals surface area contributed by atoms with Crippen LogP contribution in [0.5, 0.6) is 0 Å². The van der Waals surface area contributed by atoms with E-state index in [1.54, 1.807) is 0 Å². The number of benzene rings is 1. The maximum absolute atomic E-state index is 9.53. The van der Waals surface area contributed by atoms with Crippen molar-refractivity contribution in [1.29, 1.82) is 5.26 Å². The molecule has 0 heterocycles. The molecule has 1 aliphatic rings. The molecule has 2 unspecified atom stereocenters. The summed E-state index contributed by atoms with van der Waals surface area (Å²) in [5.74, 6) is 0. The van der Waals surface area contributed by atoms with Crippen LogP contribution in [0.15, 0.2) is 23.1 Å². The molecule has 108 valence electrons. The molecule has 20 heavy (non-hydrogen) atoms. The van der Waals surface area contributed by atoms with Crippen LogP contribution in [-0.2, 0) is 0 Å². The van der Waals surface area contributed by atoms with Gasteiger partial charge in [-0.1, -0.05) is 24.6 Å². The molecule has 1 fully saturated rings. The van der Waals surface area contributed by atoms with Crippen LogP contribution >= 0.6 is 11.8 Å². The van der Waals surface area contributed by atoms with E-state index in [1.807, 2.05) is 11.8 Å². The first-order valence-corrected chi connectivity index (χ1v) is 8.37. The zero-order valence-corrected chi connectivity index (χ0v) is 13.5. The van der Waals surface area contributed by atoms with E-state index in [0.717, 1.165) is 25.8 Å². The van der Waals surface area contributed by atoms with Crippen molar-refractivity contribution in [2.24, 2.45) is 0 Å². The predicted octanol–water partition coefficient (Wildman–Crippen LogP) is 4.21. The minimum atomic E-state index is -0.303. The van der Waals surface area contributed by atoms with Crippen LogP contribution in [0.3, 0.4) is 0 Å². The number of nitrogens with zero attached hydrogens (tertiary/aromatic N) is 1. The average Bonchev–Trinajstić information content (AvgIpc) is 2.44. The Bertz CT molecular complexity index is 502. The minimum absolute atomic E-state index is 0.303. The van der Waals surface area contributed by atoms with Crippen LogP contribution in [0.4, 0.5) is 0 Å². The molecule has 1 aromatic carbocycles. The first-order valence-electron chi connectivity index (χ1n) is 7.49. The molecule has 0 spiro atoms. The normalized spacial score (nSPS) is 26.2. The Morgan fingerprint density at radius 2 is 2.25 bits per heavy atom.